The number of ether oxygens (including phenoxy) is 2. The number of morpholine rings is 1. The van der Waals surface area contributed by atoms with Gasteiger partial charge in [0.1, 0.15) is 18.0 Å². The fourth-order valence-corrected chi connectivity index (χ4v) is 7.02. The maximum atomic E-state index is 11.1. The lowest BCUT2D eigenvalue weighted by Gasteiger charge is -2.52. The minimum absolute atomic E-state index is 0.122. The van der Waals surface area contributed by atoms with Crippen LogP contribution in [0.3, 0.4) is 0 Å². The van der Waals surface area contributed by atoms with Crippen LogP contribution in [0.2, 0.25) is 0 Å². The zero-order valence-electron chi connectivity index (χ0n) is 18.2. The average molecular weight is 410 g/mol. The lowest BCUT2D eigenvalue weighted by atomic mass is 9.53. The quantitative estimate of drug-likeness (QED) is 0.772. The summed E-state index contributed by atoms with van der Waals surface area (Å²) in [6.45, 7) is 7.62. The van der Waals surface area contributed by atoms with E-state index in [4.69, 9.17) is 15.9 Å². The minimum Gasteiger partial charge on any atom is -0.492 e. The van der Waals surface area contributed by atoms with Gasteiger partial charge in [-0.2, -0.15) is 0 Å². The van der Waals surface area contributed by atoms with Crippen molar-refractivity contribution in [3.63, 3.8) is 0 Å². The molecule has 0 radical (unpaired) electrons. The van der Waals surface area contributed by atoms with Crippen LogP contribution in [0.25, 0.3) is 0 Å². The van der Waals surface area contributed by atoms with Crippen LogP contribution in [0, 0.1) is 29.6 Å². The third kappa shape index (κ3) is 3.27. The third-order valence-electron chi connectivity index (χ3n) is 8.87. The van der Waals surface area contributed by atoms with Crippen molar-refractivity contribution in [1.82, 2.24) is 4.90 Å². The SMILES string of the molecule is C#C[C@]1(O)CCC2C3CCc4cc(OCCN5CCOCC5)ccc4C3CC[C@@]21C. The number of hydrogen-bond acceptors (Lipinski definition) is 4. The summed E-state index contributed by atoms with van der Waals surface area (Å²) in [5.74, 6) is 5.57. The van der Waals surface area contributed by atoms with Crippen molar-refractivity contribution < 1.29 is 14.6 Å². The van der Waals surface area contributed by atoms with Gasteiger partial charge in [0.2, 0.25) is 0 Å². The number of aliphatic hydroxyl groups is 1. The normalized spacial score (nSPS) is 38.2. The molecule has 1 aromatic rings. The van der Waals surface area contributed by atoms with Gasteiger partial charge in [-0.25, -0.2) is 0 Å². The van der Waals surface area contributed by atoms with Crippen molar-refractivity contribution in [1.29, 1.82) is 0 Å². The van der Waals surface area contributed by atoms with E-state index in [1.807, 2.05) is 0 Å². The van der Waals surface area contributed by atoms with Gasteiger partial charge in [0.25, 0.3) is 0 Å². The molecule has 5 atom stereocenters. The van der Waals surface area contributed by atoms with Gasteiger partial charge in [-0.1, -0.05) is 18.9 Å². The minimum atomic E-state index is -0.916. The Labute approximate surface area is 180 Å². The van der Waals surface area contributed by atoms with E-state index in [1.165, 1.54) is 17.5 Å². The molecule has 0 spiro atoms. The molecule has 0 aromatic heterocycles. The van der Waals surface area contributed by atoms with Crippen LogP contribution in [-0.2, 0) is 11.2 Å². The number of terminal acetylenes is 1. The summed E-state index contributed by atoms with van der Waals surface area (Å²) in [7, 11) is 0. The number of fused-ring (bicyclic) bond motifs is 5. The molecule has 1 heterocycles. The Morgan fingerprint density at radius 3 is 2.87 bits per heavy atom. The van der Waals surface area contributed by atoms with Crippen molar-refractivity contribution in [3.05, 3.63) is 29.3 Å². The van der Waals surface area contributed by atoms with Gasteiger partial charge in [0.15, 0.2) is 0 Å². The Morgan fingerprint density at radius 2 is 2.07 bits per heavy atom. The van der Waals surface area contributed by atoms with E-state index in [-0.39, 0.29) is 5.41 Å². The maximum absolute atomic E-state index is 11.1. The van der Waals surface area contributed by atoms with E-state index in [0.717, 1.165) is 77.3 Å². The van der Waals surface area contributed by atoms with Crippen LogP contribution in [0.5, 0.6) is 5.75 Å². The van der Waals surface area contributed by atoms with Gasteiger partial charge in [-0.15, -0.1) is 6.42 Å². The van der Waals surface area contributed by atoms with Crippen molar-refractivity contribution in [2.45, 2.75) is 57.0 Å². The smallest absolute Gasteiger partial charge is 0.130 e. The fraction of sp³-hybridized carbons (Fsp3) is 0.692. The van der Waals surface area contributed by atoms with E-state index < -0.39 is 5.60 Å². The lowest BCUT2D eigenvalue weighted by Crippen LogP contribution is -2.50. The van der Waals surface area contributed by atoms with Crippen LogP contribution >= 0.6 is 0 Å². The van der Waals surface area contributed by atoms with E-state index in [9.17, 15) is 5.11 Å². The highest BCUT2D eigenvalue weighted by Gasteiger charge is 2.61. The fourth-order valence-electron chi connectivity index (χ4n) is 7.02. The number of hydrogen-bond donors (Lipinski definition) is 1. The van der Waals surface area contributed by atoms with Gasteiger partial charge in [-0.05, 0) is 79.5 Å². The Balaban J connectivity index is 1.27. The summed E-state index contributed by atoms with van der Waals surface area (Å²) in [6.07, 6.45) is 12.1. The van der Waals surface area contributed by atoms with Gasteiger partial charge >= 0.3 is 0 Å². The molecule has 0 bridgehead atoms. The maximum Gasteiger partial charge on any atom is 0.130 e. The standard InChI is InChI=1S/C26H35NO3/c1-3-26(28)11-9-24-23-6-4-19-18-20(30-17-14-27-12-15-29-16-13-27)5-7-21(19)22(23)8-10-25(24,26)2/h1,5,7,18,22-24,28H,4,6,8-17H2,2H3/t22?,23?,24?,25-,26-/m0/s1. The molecule has 1 N–H and O–H groups in total. The van der Waals surface area contributed by atoms with Gasteiger partial charge in [0, 0.05) is 25.0 Å². The molecule has 1 aromatic carbocycles. The molecule has 3 aliphatic carbocycles. The molecule has 4 nitrogen and oxygen atoms in total. The van der Waals surface area contributed by atoms with Crippen molar-refractivity contribution in [2.75, 3.05) is 39.5 Å². The second-order valence-corrected chi connectivity index (χ2v) is 10.1. The average Bonchev–Trinajstić information content (AvgIpc) is 3.05. The second-order valence-electron chi connectivity index (χ2n) is 10.1. The molecular formula is C26H35NO3. The zero-order chi connectivity index (χ0) is 20.8. The van der Waals surface area contributed by atoms with E-state index in [2.05, 4.69) is 35.9 Å². The molecule has 4 aliphatic rings. The highest BCUT2D eigenvalue weighted by atomic mass is 16.5. The third-order valence-corrected chi connectivity index (χ3v) is 8.87. The summed E-state index contributed by atoms with van der Waals surface area (Å²) < 4.78 is 11.5. The number of nitrogens with zero attached hydrogens (tertiary/aromatic N) is 1. The second kappa shape index (κ2) is 7.86. The molecule has 3 unspecified atom stereocenters. The Kier molecular flexibility index (Phi) is 5.34. The predicted molar refractivity (Wildman–Crippen MR) is 118 cm³/mol. The molecule has 162 valence electrons. The summed E-state index contributed by atoms with van der Waals surface area (Å²) >= 11 is 0. The largest absolute Gasteiger partial charge is 0.492 e. The van der Waals surface area contributed by atoms with Crippen molar-refractivity contribution in [3.8, 4) is 18.1 Å². The molecule has 1 saturated heterocycles. The highest BCUT2D eigenvalue weighted by Crippen LogP contribution is 2.64. The van der Waals surface area contributed by atoms with Crippen LogP contribution in [-0.4, -0.2) is 55.1 Å². The van der Waals surface area contributed by atoms with Crippen LogP contribution in [0.15, 0.2) is 18.2 Å². The molecule has 30 heavy (non-hydrogen) atoms. The molecule has 0 amide bonds. The summed E-state index contributed by atoms with van der Waals surface area (Å²) in [6, 6.07) is 6.77. The van der Waals surface area contributed by atoms with Crippen molar-refractivity contribution in [2.24, 2.45) is 17.3 Å². The van der Waals surface area contributed by atoms with E-state index in [0.29, 0.717) is 17.8 Å². The van der Waals surface area contributed by atoms with Crippen LogP contribution < -0.4 is 4.74 Å². The lowest BCUT2D eigenvalue weighted by molar-refractivity contribution is -0.0646. The molecule has 2 saturated carbocycles. The molecule has 4 heteroatoms. The zero-order valence-corrected chi connectivity index (χ0v) is 18.2. The van der Waals surface area contributed by atoms with Gasteiger partial charge < -0.3 is 14.6 Å². The number of benzene rings is 1. The first-order chi connectivity index (χ1) is 14.5. The first-order valence-corrected chi connectivity index (χ1v) is 11.8. The highest BCUT2D eigenvalue weighted by molar-refractivity contribution is 5.41. The Hall–Kier alpha value is -1.54. The summed E-state index contributed by atoms with van der Waals surface area (Å²) in [5.41, 5.74) is 1.95. The number of rotatable bonds is 4. The Bertz CT molecular complexity index is 826. The summed E-state index contributed by atoms with van der Waals surface area (Å²) in [5, 5.41) is 11.1. The first-order valence-electron chi connectivity index (χ1n) is 11.8. The first kappa shape index (κ1) is 20.4. The van der Waals surface area contributed by atoms with Crippen LogP contribution in [0.4, 0.5) is 0 Å². The van der Waals surface area contributed by atoms with Crippen molar-refractivity contribution >= 4 is 0 Å². The summed E-state index contributed by atoms with van der Waals surface area (Å²) in [4.78, 5) is 2.41. The van der Waals surface area contributed by atoms with E-state index >= 15 is 0 Å². The molecule has 5 rings (SSSR count). The Morgan fingerprint density at radius 1 is 1.23 bits per heavy atom. The van der Waals surface area contributed by atoms with Crippen LogP contribution in [0.1, 0.15) is 56.1 Å². The molecule has 3 fully saturated rings. The molecular weight excluding hydrogens is 374 g/mol. The molecule has 1 aliphatic heterocycles. The predicted octanol–water partition coefficient (Wildman–Crippen LogP) is 3.62. The van der Waals surface area contributed by atoms with E-state index in [1.54, 1.807) is 0 Å². The monoisotopic (exact) mass is 409 g/mol. The number of aryl methyl sites for hydroxylation is 1. The van der Waals surface area contributed by atoms with Gasteiger partial charge in [0.05, 0.1) is 13.2 Å². The van der Waals surface area contributed by atoms with Gasteiger partial charge in [-0.3, -0.25) is 4.90 Å². The topological polar surface area (TPSA) is 41.9 Å².